The number of nitro groups is 1. The molecule has 0 aliphatic carbocycles. The van der Waals surface area contributed by atoms with Crippen molar-refractivity contribution in [2.45, 2.75) is 32.2 Å². The van der Waals surface area contributed by atoms with Gasteiger partial charge < -0.3 is 4.42 Å². The van der Waals surface area contributed by atoms with Crippen molar-refractivity contribution in [3.63, 3.8) is 0 Å². The number of aromatic nitrogens is 1. The Morgan fingerprint density at radius 2 is 2.00 bits per heavy atom. The molecule has 0 atom stereocenters. The van der Waals surface area contributed by atoms with Crippen molar-refractivity contribution in [1.29, 1.82) is 0 Å². The maximum absolute atomic E-state index is 11.8. The summed E-state index contributed by atoms with van der Waals surface area (Å²) in [7, 11) is 0. The predicted octanol–water partition coefficient (Wildman–Crippen LogP) is 2.99. The van der Waals surface area contributed by atoms with Crippen LogP contribution in [0.5, 0.6) is 0 Å². The van der Waals surface area contributed by atoms with Crippen LogP contribution in [-0.4, -0.2) is 15.2 Å². The Morgan fingerprint density at radius 3 is 2.70 bits per heavy atom. The van der Waals surface area contributed by atoms with E-state index in [4.69, 9.17) is 4.42 Å². The maximum atomic E-state index is 11.8. The largest absolute Gasteiger partial charge is 0.419 e. The molecule has 1 heterocycles. The molecule has 108 valence electrons. The first-order valence-corrected chi connectivity index (χ1v) is 7.15. The van der Waals surface area contributed by atoms with Crippen LogP contribution in [0, 0.1) is 10.1 Å². The average molecular weight is 296 g/mol. The van der Waals surface area contributed by atoms with E-state index in [9.17, 15) is 14.9 Å². The molecule has 1 aromatic heterocycles. The van der Waals surface area contributed by atoms with Crippen LogP contribution < -0.4 is 5.76 Å². The first-order chi connectivity index (χ1) is 9.63. The second kappa shape index (κ2) is 6.60. The molecule has 0 fully saturated rings. The molecule has 20 heavy (non-hydrogen) atoms. The average Bonchev–Trinajstić information content (AvgIpc) is 2.73. The Morgan fingerprint density at radius 1 is 1.25 bits per heavy atom. The number of unbranched alkanes of at least 4 members (excludes halogenated alkanes) is 3. The van der Waals surface area contributed by atoms with Crippen molar-refractivity contribution in [3.8, 4) is 0 Å². The van der Waals surface area contributed by atoms with Gasteiger partial charge in [0, 0.05) is 18.7 Å². The number of fused-ring (bicyclic) bond motifs is 1. The number of thiol groups is 1. The highest BCUT2D eigenvalue weighted by atomic mass is 32.1. The first kappa shape index (κ1) is 14.6. The number of hydrogen-bond donors (Lipinski definition) is 1. The molecule has 0 aliphatic heterocycles. The topological polar surface area (TPSA) is 78.3 Å². The van der Waals surface area contributed by atoms with Gasteiger partial charge >= 0.3 is 5.76 Å². The van der Waals surface area contributed by atoms with Gasteiger partial charge in [-0.1, -0.05) is 12.8 Å². The van der Waals surface area contributed by atoms with E-state index in [2.05, 4.69) is 12.6 Å². The number of aryl methyl sites for hydroxylation is 1. The zero-order valence-corrected chi connectivity index (χ0v) is 11.8. The van der Waals surface area contributed by atoms with Gasteiger partial charge in [-0.3, -0.25) is 14.7 Å². The fraction of sp³-hybridized carbons (Fsp3) is 0.462. The molecule has 0 spiro atoms. The molecule has 0 amide bonds. The summed E-state index contributed by atoms with van der Waals surface area (Å²) in [6, 6.07) is 4.18. The number of nitrogens with zero attached hydrogens (tertiary/aromatic N) is 2. The normalized spacial score (nSPS) is 11.1. The van der Waals surface area contributed by atoms with Gasteiger partial charge in [-0.2, -0.15) is 12.6 Å². The molecule has 2 rings (SSSR count). The van der Waals surface area contributed by atoms with Crippen LogP contribution in [0.1, 0.15) is 25.7 Å². The van der Waals surface area contributed by atoms with E-state index < -0.39 is 10.7 Å². The molecule has 7 heteroatoms. The highest BCUT2D eigenvalue weighted by molar-refractivity contribution is 7.80. The summed E-state index contributed by atoms with van der Waals surface area (Å²) >= 11 is 4.14. The monoisotopic (exact) mass is 296 g/mol. The van der Waals surface area contributed by atoms with E-state index in [0.717, 1.165) is 31.4 Å². The van der Waals surface area contributed by atoms with Gasteiger partial charge in [-0.15, -0.1) is 0 Å². The van der Waals surface area contributed by atoms with Crippen LogP contribution in [0.2, 0.25) is 0 Å². The van der Waals surface area contributed by atoms with Gasteiger partial charge in [0.15, 0.2) is 5.58 Å². The summed E-state index contributed by atoms with van der Waals surface area (Å²) in [4.78, 5) is 22.1. The van der Waals surface area contributed by atoms with Gasteiger partial charge in [0.1, 0.15) is 0 Å². The lowest BCUT2D eigenvalue weighted by Gasteiger charge is -2.02. The summed E-state index contributed by atoms with van der Waals surface area (Å²) in [5, 5.41) is 10.8. The zero-order valence-electron chi connectivity index (χ0n) is 10.9. The quantitative estimate of drug-likeness (QED) is 0.369. The van der Waals surface area contributed by atoms with Crippen LogP contribution >= 0.6 is 12.6 Å². The maximum Gasteiger partial charge on any atom is 0.419 e. The summed E-state index contributed by atoms with van der Waals surface area (Å²) in [6.07, 6.45) is 3.95. The molecular formula is C13H16N2O4S. The van der Waals surface area contributed by atoms with Crippen molar-refractivity contribution >= 4 is 29.4 Å². The van der Waals surface area contributed by atoms with E-state index in [1.807, 2.05) is 0 Å². The first-order valence-electron chi connectivity index (χ1n) is 6.52. The molecule has 0 unspecified atom stereocenters. The van der Waals surface area contributed by atoms with E-state index in [0.29, 0.717) is 17.6 Å². The van der Waals surface area contributed by atoms with Crippen LogP contribution in [0.3, 0.4) is 0 Å². The second-order valence-corrected chi connectivity index (χ2v) is 5.01. The molecule has 0 saturated carbocycles. The summed E-state index contributed by atoms with van der Waals surface area (Å²) in [5.74, 6) is 0.399. The smallest absolute Gasteiger partial charge is 0.408 e. The molecule has 0 radical (unpaired) electrons. The number of hydrogen-bond acceptors (Lipinski definition) is 5. The summed E-state index contributed by atoms with van der Waals surface area (Å²) in [6.45, 7) is 0.513. The molecule has 6 nitrogen and oxygen atoms in total. The number of benzene rings is 1. The molecule has 0 aliphatic rings. The van der Waals surface area contributed by atoms with Crippen molar-refractivity contribution in [2.24, 2.45) is 0 Å². The molecule has 0 bridgehead atoms. The minimum Gasteiger partial charge on any atom is -0.408 e. The third-order valence-electron chi connectivity index (χ3n) is 3.15. The summed E-state index contributed by atoms with van der Waals surface area (Å²) in [5.41, 5.74) is 0.830. The van der Waals surface area contributed by atoms with Crippen LogP contribution in [-0.2, 0) is 6.54 Å². The summed E-state index contributed by atoms with van der Waals surface area (Å²) < 4.78 is 6.55. The molecule has 2 aromatic rings. The van der Waals surface area contributed by atoms with Crippen molar-refractivity contribution in [1.82, 2.24) is 4.57 Å². The van der Waals surface area contributed by atoms with Crippen molar-refractivity contribution < 1.29 is 9.34 Å². The number of rotatable bonds is 7. The molecule has 0 saturated heterocycles. The number of nitro benzene ring substituents is 1. The molecule has 0 N–H and O–H groups in total. The number of oxazole rings is 1. The third-order valence-corrected chi connectivity index (χ3v) is 3.47. The van der Waals surface area contributed by atoms with Crippen molar-refractivity contribution in [2.75, 3.05) is 5.75 Å². The number of non-ortho nitro benzene ring substituents is 1. The van der Waals surface area contributed by atoms with Gasteiger partial charge in [0.05, 0.1) is 10.4 Å². The van der Waals surface area contributed by atoms with E-state index in [1.165, 1.54) is 22.8 Å². The van der Waals surface area contributed by atoms with Gasteiger partial charge in [0.25, 0.3) is 5.69 Å². The van der Waals surface area contributed by atoms with Gasteiger partial charge in [-0.25, -0.2) is 4.79 Å². The SMILES string of the molecule is O=c1oc2ccc([N+](=O)[O-])cc2n1CCCCCCS. The second-order valence-electron chi connectivity index (χ2n) is 4.57. The fourth-order valence-electron chi connectivity index (χ4n) is 2.11. The van der Waals surface area contributed by atoms with Gasteiger partial charge in [0.2, 0.25) is 0 Å². The lowest BCUT2D eigenvalue weighted by molar-refractivity contribution is -0.384. The minimum atomic E-state index is -0.478. The van der Waals surface area contributed by atoms with Crippen LogP contribution in [0.4, 0.5) is 5.69 Å². The van der Waals surface area contributed by atoms with Crippen molar-refractivity contribution in [3.05, 3.63) is 38.9 Å². The Hall–Kier alpha value is -1.76. The Bertz CT molecular complexity index is 662. The Balaban J connectivity index is 2.18. The van der Waals surface area contributed by atoms with E-state index >= 15 is 0 Å². The standard InChI is InChI=1S/C13H16N2O4S/c16-13-14(7-3-1-2-4-8-20)11-9-10(15(17)18)5-6-12(11)19-13/h5-6,9,20H,1-4,7-8H2. The lowest BCUT2D eigenvalue weighted by Crippen LogP contribution is -2.14. The molecular weight excluding hydrogens is 280 g/mol. The van der Waals surface area contributed by atoms with E-state index in [1.54, 1.807) is 0 Å². The zero-order chi connectivity index (χ0) is 14.5. The Kier molecular flexibility index (Phi) is 4.84. The minimum absolute atomic E-state index is 0.0397. The van der Waals surface area contributed by atoms with Gasteiger partial charge in [-0.05, 0) is 24.7 Å². The fourth-order valence-corrected chi connectivity index (χ4v) is 2.33. The Labute approximate surface area is 120 Å². The predicted molar refractivity (Wildman–Crippen MR) is 79.4 cm³/mol. The molecule has 1 aromatic carbocycles. The highest BCUT2D eigenvalue weighted by Crippen LogP contribution is 2.20. The van der Waals surface area contributed by atoms with Crippen LogP contribution in [0.25, 0.3) is 11.1 Å². The van der Waals surface area contributed by atoms with E-state index in [-0.39, 0.29) is 5.69 Å². The van der Waals surface area contributed by atoms with Crippen LogP contribution in [0.15, 0.2) is 27.4 Å². The lowest BCUT2D eigenvalue weighted by atomic mass is 10.2. The highest BCUT2D eigenvalue weighted by Gasteiger charge is 2.13. The third kappa shape index (κ3) is 3.22.